The van der Waals surface area contributed by atoms with E-state index in [1.54, 1.807) is 0 Å². The number of hydrogen-bond donors (Lipinski definition) is 0. The highest BCUT2D eigenvalue weighted by atomic mass is 16.5. The van der Waals surface area contributed by atoms with E-state index in [0.717, 1.165) is 24.4 Å². The molecule has 3 aliphatic rings. The van der Waals surface area contributed by atoms with Gasteiger partial charge in [-0.1, -0.05) is 39.8 Å². The second kappa shape index (κ2) is 3.60. The Hall–Kier alpha value is -0.300. The Bertz CT molecular complexity index is 341. The van der Waals surface area contributed by atoms with Crippen LogP contribution in [0, 0.1) is 35.0 Å². The van der Waals surface area contributed by atoms with Crippen molar-refractivity contribution < 1.29 is 4.74 Å². The van der Waals surface area contributed by atoms with Crippen molar-refractivity contribution in [1.82, 2.24) is 0 Å². The highest BCUT2D eigenvalue weighted by Gasteiger charge is 2.66. The van der Waals surface area contributed by atoms with E-state index in [4.69, 9.17) is 4.74 Å². The molecule has 0 aromatic rings. The molecule has 5 atom stereocenters. The van der Waals surface area contributed by atoms with Crippen molar-refractivity contribution in [2.75, 3.05) is 6.61 Å². The molecule has 1 heteroatoms. The molecule has 0 amide bonds. The molecule has 1 nitrogen and oxygen atoms in total. The average molecular weight is 234 g/mol. The van der Waals surface area contributed by atoms with Gasteiger partial charge in [-0.15, -0.1) is 0 Å². The van der Waals surface area contributed by atoms with Crippen molar-refractivity contribution >= 4 is 0 Å². The first-order valence-electron chi connectivity index (χ1n) is 7.23. The number of hydrogen-bond acceptors (Lipinski definition) is 1. The van der Waals surface area contributed by atoms with Gasteiger partial charge in [0.1, 0.15) is 0 Å². The third kappa shape index (κ3) is 1.62. The first kappa shape index (κ1) is 11.8. The minimum atomic E-state index is 0.452. The zero-order chi connectivity index (χ0) is 12.4. The number of ether oxygens (including phenoxy) is 1. The average Bonchev–Trinajstić information content (AvgIpc) is 2.71. The molecule has 2 bridgehead atoms. The third-order valence-corrected chi connectivity index (χ3v) is 5.63. The quantitative estimate of drug-likeness (QED) is 0.659. The van der Waals surface area contributed by atoms with Crippen LogP contribution in [0.15, 0.2) is 12.2 Å². The van der Waals surface area contributed by atoms with Crippen LogP contribution in [-0.4, -0.2) is 12.7 Å². The van der Waals surface area contributed by atoms with Crippen molar-refractivity contribution in [3.05, 3.63) is 12.2 Å². The van der Waals surface area contributed by atoms with Crippen molar-refractivity contribution in [3.8, 4) is 0 Å². The molecule has 1 aliphatic heterocycles. The van der Waals surface area contributed by atoms with E-state index in [1.807, 2.05) is 0 Å². The van der Waals surface area contributed by atoms with Crippen LogP contribution in [0.1, 0.15) is 40.5 Å². The molecule has 0 aromatic heterocycles. The number of fused-ring (bicyclic) bond motifs is 4. The summed E-state index contributed by atoms with van der Waals surface area (Å²) in [7, 11) is 0. The zero-order valence-corrected chi connectivity index (χ0v) is 11.7. The van der Waals surface area contributed by atoms with Crippen LogP contribution in [0.2, 0.25) is 0 Å². The molecule has 2 saturated carbocycles. The zero-order valence-electron chi connectivity index (χ0n) is 11.7. The Morgan fingerprint density at radius 2 is 2.12 bits per heavy atom. The lowest BCUT2D eigenvalue weighted by Crippen LogP contribution is -2.41. The molecule has 0 radical (unpaired) electrons. The van der Waals surface area contributed by atoms with E-state index < -0.39 is 0 Å². The SMILES string of the molecule is C=C1[C@@H]2CO[C@H](CC(C)C)[C@H]1[C@H]1[C@H](C2)C1(C)C. The molecule has 17 heavy (non-hydrogen) atoms. The maximum atomic E-state index is 6.16. The van der Waals surface area contributed by atoms with Gasteiger partial charge in [-0.05, 0) is 36.0 Å². The smallest absolute Gasteiger partial charge is 0.0646 e. The monoisotopic (exact) mass is 234 g/mol. The topological polar surface area (TPSA) is 9.23 Å². The lowest BCUT2D eigenvalue weighted by Gasteiger charge is -2.42. The minimum Gasteiger partial charge on any atom is -0.377 e. The highest BCUT2D eigenvalue weighted by Crippen LogP contribution is 2.70. The summed E-state index contributed by atoms with van der Waals surface area (Å²) in [6.07, 6.45) is 2.99. The minimum absolute atomic E-state index is 0.452. The predicted octanol–water partition coefficient (Wildman–Crippen LogP) is 3.90. The maximum Gasteiger partial charge on any atom is 0.0646 e. The highest BCUT2D eigenvalue weighted by molar-refractivity contribution is 5.26. The fourth-order valence-electron chi connectivity index (χ4n) is 4.58. The van der Waals surface area contributed by atoms with Gasteiger partial charge in [0.2, 0.25) is 0 Å². The second-order valence-corrected chi connectivity index (χ2v) is 7.49. The van der Waals surface area contributed by atoms with Crippen molar-refractivity contribution in [2.45, 2.75) is 46.6 Å². The molecule has 3 rings (SSSR count). The van der Waals surface area contributed by atoms with Crippen LogP contribution >= 0.6 is 0 Å². The third-order valence-electron chi connectivity index (χ3n) is 5.63. The van der Waals surface area contributed by atoms with Crippen molar-refractivity contribution in [1.29, 1.82) is 0 Å². The van der Waals surface area contributed by atoms with Gasteiger partial charge in [-0.25, -0.2) is 0 Å². The fraction of sp³-hybridized carbons (Fsp3) is 0.875. The lowest BCUT2D eigenvalue weighted by atomic mass is 9.71. The Morgan fingerprint density at radius 1 is 1.41 bits per heavy atom. The van der Waals surface area contributed by atoms with Gasteiger partial charge in [-0.3, -0.25) is 0 Å². The van der Waals surface area contributed by atoms with Gasteiger partial charge in [0.05, 0.1) is 12.7 Å². The van der Waals surface area contributed by atoms with E-state index in [2.05, 4.69) is 34.3 Å². The van der Waals surface area contributed by atoms with Gasteiger partial charge in [0.15, 0.2) is 0 Å². The van der Waals surface area contributed by atoms with E-state index in [0.29, 0.717) is 23.4 Å². The standard InChI is InChI=1S/C16H26O/c1-9(2)6-13-14-10(3)11(8-17-13)7-12-15(14)16(12,4)5/h9,11-15H,3,6-8H2,1-2,4-5H3/t11-,12-,13+,14-,15+/m0/s1. The van der Waals surface area contributed by atoms with Gasteiger partial charge >= 0.3 is 0 Å². The Balaban J connectivity index is 1.85. The van der Waals surface area contributed by atoms with E-state index >= 15 is 0 Å². The summed E-state index contributed by atoms with van der Waals surface area (Å²) in [4.78, 5) is 0. The molecule has 96 valence electrons. The van der Waals surface area contributed by atoms with Crippen molar-refractivity contribution in [2.24, 2.45) is 35.0 Å². The van der Waals surface area contributed by atoms with Gasteiger partial charge < -0.3 is 4.74 Å². The van der Waals surface area contributed by atoms with Crippen LogP contribution in [0.5, 0.6) is 0 Å². The molecule has 2 aliphatic carbocycles. The molecule has 0 N–H and O–H groups in total. The molecule has 1 saturated heterocycles. The first-order valence-corrected chi connectivity index (χ1v) is 7.23. The number of rotatable bonds is 2. The summed E-state index contributed by atoms with van der Waals surface area (Å²) in [5.74, 6) is 3.85. The van der Waals surface area contributed by atoms with Crippen LogP contribution in [0.3, 0.4) is 0 Å². The van der Waals surface area contributed by atoms with E-state index in [-0.39, 0.29) is 0 Å². The summed E-state index contributed by atoms with van der Waals surface area (Å²) in [5.41, 5.74) is 2.07. The molecular weight excluding hydrogens is 208 g/mol. The summed E-state index contributed by atoms with van der Waals surface area (Å²) in [6.45, 7) is 14.9. The molecular formula is C16H26O. The molecule has 1 heterocycles. The Kier molecular flexibility index (Phi) is 2.49. The second-order valence-electron chi connectivity index (χ2n) is 7.49. The van der Waals surface area contributed by atoms with Gasteiger partial charge in [-0.2, -0.15) is 0 Å². The maximum absolute atomic E-state index is 6.16. The molecule has 0 unspecified atom stereocenters. The van der Waals surface area contributed by atoms with Crippen molar-refractivity contribution in [3.63, 3.8) is 0 Å². The predicted molar refractivity (Wildman–Crippen MR) is 70.7 cm³/mol. The molecule has 0 spiro atoms. The van der Waals surface area contributed by atoms with Gasteiger partial charge in [0.25, 0.3) is 0 Å². The lowest BCUT2D eigenvalue weighted by molar-refractivity contribution is -0.0561. The molecule has 0 aromatic carbocycles. The van der Waals surface area contributed by atoms with E-state index in [9.17, 15) is 0 Å². The van der Waals surface area contributed by atoms with Crippen LogP contribution in [0.4, 0.5) is 0 Å². The normalized spacial score (nSPS) is 46.9. The molecule has 3 fully saturated rings. The fourth-order valence-corrected chi connectivity index (χ4v) is 4.58. The van der Waals surface area contributed by atoms with Crippen LogP contribution < -0.4 is 0 Å². The van der Waals surface area contributed by atoms with Gasteiger partial charge in [0, 0.05) is 11.8 Å². The Morgan fingerprint density at radius 3 is 2.76 bits per heavy atom. The summed E-state index contributed by atoms with van der Waals surface area (Å²) < 4.78 is 6.16. The first-order chi connectivity index (χ1) is 7.93. The summed E-state index contributed by atoms with van der Waals surface area (Å²) in [5, 5.41) is 0. The largest absolute Gasteiger partial charge is 0.377 e. The summed E-state index contributed by atoms with van der Waals surface area (Å²) >= 11 is 0. The van der Waals surface area contributed by atoms with Crippen LogP contribution in [-0.2, 0) is 4.74 Å². The Labute approximate surface area is 106 Å². The van der Waals surface area contributed by atoms with E-state index in [1.165, 1.54) is 18.4 Å². The summed E-state index contributed by atoms with van der Waals surface area (Å²) in [6, 6.07) is 0. The van der Waals surface area contributed by atoms with Crippen LogP contribution in [0.25, 0.3) is 0 Å².